The largest absolute Gasteiger partial charge is 0.497 e. The Bertz CT molecular complexity index is 1350. The van der Waals surface area contributed by atoms with Gasteiger partial charge >= 0.3 is 0 Å². The Morgan fingerprint density at radius 2 is 1.90 bits per heavy atom. The zero-order valence-corrected chi connectivity index (χ0v) is 23.4. The molecule has 39 heavy (non-hydrogen) atoms. The molecule has 0 bridgehead atoms. The van der Waals surface area contributed by atoms with Crippen LogP contribution in [0.2, 0.25) is 0 Å². The first kappa shape index (κ1) is 27.8. The Morgan fingerprint density at radius 3 is 2.54 bits per heavy atom. The van der Waals surface area contributed by atoms with Gasteiger partial charge in [-0.1, -0.05) is 55.1 Å². The first-order valence-electron chi connectivity index (χ1n) is 13.2. The Morgan fingerprint density at radius 1 is 1.18 bits per heavy atom. The lowest BCUT2D eigenvalue weighted by molar-refractivity contribution is 0.0952. The van der Waals surface area contributed by atoms with Crippen LogP contribution in [0.4, 0.5) is 5.82 Å². The Kier molecular flexibility index (Phi) is 8.59. The molecule has 0 fully saturated rings. The van der Waals surface area contributed by atoms with Crippen molar-refractivity contribution in [3.8, 4) is 5.75 Å². The molecule has 0 aliphatic carbocycles. The number of ether oxygens (including phenoxy) is 2. The molecule has 1 amide bonds. The smallest absolute Gasteiger partial charge is 0.256 e. The van der Waals surface area contributed by atoms with Gasteiger partial charge in [0, 0.05) is 12.5 Å². The maximum Gasteiger partial charge on any atom is 0.256 e. The third kappa shape index (κ3) is 6.25. The van der Waals surface area contributed by atoms with Gasteiger partial charge in [-0.05, 0) is 68.2 Å². The van der Waals surface area contributed by atoms with Gasteiger partial charge in [-0.2, -0.15) is 5.10 Å². The van der Waals surface area contributed by atoms with E-state index in [1.54, 1.807) is 20.4 Å². The van der Waals surface area contributed by atoms with Crippen LogP contribution in [0.3, 0.4) is 0 Å². The fraction of sp³-hybridized carbons (Fsp3) is 0.312. The van der Waals surface area contributed by atoms with Gasteiger partial charge in [0.25, 0.3) is 5.91 Å². The van der Waals surface area contributed by atoms with E-state index in [2.05, 4.69) is 48.3 Å². The van der Waals surface area contributed by atoms with Gasteiger partial charge < -0.3 is 20.1 Å². The lowest BCUT2D eigenvalue weighted by Crippen LogP contribution is -2.38. The molecule has 0 saturated heterocycles. The van der Waals surface area contributed by atoms with E-state index in [1.807, 2.05) is 72.3 Å². The van der Waals surface area contributed by atoms with Crippen LogP contribution in [-0.4, -0.2) is 36.5 Å². The number of rotatable bonds is 10. The molecule has 2 atom stereocenters. The molecular formula is C32H38N4O3. The van der Waals surface area contributed by atoms with Crippen molar-refractivity contribution in [3.05, 3.63) is 114 Å². The number of anilines is 1. The van der Waals surface area contributed by atoms with Crippen LogP contribution in [0.5, 0.6) is 5.75 Å². The molecule has 1 aliphatic heterocycles. The van der Waals surface area contributed by atoms with Crippen LogP contribution < -0.4 is 15.4 Å². The zero-order chi connectivity index (χ0) is 28.0. The summed E-state index contributed by atoms with van der Waals surface area (Å²) in [6, 6.07) is 18.2. The number of carbonyl (C=O) groups excluding carboxylic acids is 1. The molecule has 3 aromatic rings. The number of hydrogen-bond donors (Lipinski definition) is 2. The highest BCUT2D eigenvalue weighted by Gasteiger charge is 2.36. The molecule has 2 unspecified atom stereocenters. The van der Waals surface area contributed by atoms with Crippen LogP contribution in [0.1, 0.15) is 60.6 Å². The minimum absolute atomic E-state index is 0.0792. The molecule has 0 spiro atoms. The van der Waals surface area contributed by atoms with Crippen molar-refractivity contribution in [1.82, 2.24) is 15.1 Å². The number of nitrogens with one attached hydrogen (secondary N) is 2. The standard InChI is InChI=1S/C32H38N4O3/c1-7-25(38-5)16-13-22(2)27(23-14-17-26(39-6)18-15-23)20-33-31(37)28-21-34-36-30(28)35-29(19-32(36,3)4)24-11-9-8-10-12-24/h7-18,21,27,29,35H,2,19-20H2,1,3-6H3,(H,33,37)/b16-13-,25-7+. The molecule has 0 radical (unpaired) electrons. The van der Waals surface area contributed by atoms with E-state index in [1.165, 1.54) is 5.56 Å². The Balaban J connectivity index is 1.57. The van der Waals surface area contributed by atoms with E-state index in [-0.39, 0.29) is 23.4 Å². The summed E-state index contributed by atoms with van der Waals surface area (Å²) >= 11 is 0. The second-order valence-electron chi connectivity index (χ2n) is 10.3. The summed E-state index contributed by atoms with van der Waals surface area (Å²) in [4.78, 5) is 13.5. The minimum Gasteiger partial charge on any atom is -0.497 e. The van der Waals surface area contributed by atoms with Gasteiger partial charge in [-0.3, -0.25) is 4.79 Å². The zero-order valence-electron chi connectivity index (χ0n) is 23.4. The molecule has 0 saturated carbocycles. The molecule has 7 heteroatoms. The van der Waals surface area contributed by atoms with Gasteiger partial charge in [0.05, 0.1) is 32.0 Å². The van der Waals surface area contributed by atoms with Crippen LogP contribution >= 0.6 is 0 Å². The van der Waals surface area contributed by atoms with Gasteiger partial charge in [0.2, 0.25) is 0 Å². The van der Waals surface area contributed by atoms with E-state index in [0.717, 1.165) is 34.9 Å². The van der Waals surface area contributed by atoms with E-state index in [0.29, 0.717) is 12.1 Å². The van der Waals surface area contributed by atoms with Gasteiger partial charge in [0.15, 0.2) is 0 Å². The summed E-state index contributed by atoms with van der Waals surface area (Å²) in [5, 5.41) is 11.3. The van der Waals surface area contributed by atoms with Crippen LogP contribution in [-0.2, 0) is 10.3 Å². The fourth-order valence-corrected chi connectivity index (χ4v) is 4.98. The number of hydrogen-bond acceptors (Lipinski definition) is 5. The molecule has 2 aromatic carbocycles. The summed E-state index contributed by atoms with van der Waals surface area (Å²) in [6.45, 7) is 10.9. The average Bonchev–Trinajstić information content (AvgIpc) is 3.39. The molecule has 7 nitrogen and oxygen atoms in total. The SMILES string of the molecule is C=C(/C=C\C(=C/C)OC)C(CNC(=O)c1cnn2c1NC(c1ccccc1)CC2(C)C)c1ccc(OC)cc1. The summed E-state index contributed by atoms with van der Waals surface area (Å²) in [7, 11) is 3.27. The summed E-state index contributed by atoms with van der Waals surface area (Å²) < 4.78 is 12.6. The lowest BCUT2D eigenvalue weighted by Gasteiger charge is -2.38. The highest BCUT2D eigenvalue weighted by molar-refractivity contribution is 5.99. The van der Waals surface area contributed by atoms with Crippen molar-refractivity contribution in [2.75, 3.05) is 26.1 Å². The number of fused-ring (bicyclic) bond motifs is 1. The van der Waals surface area contributed by atoms with Crippen LogP contribution in [0.15, 0.2) is 96.9 Å². The Hall–Kier alpha value is -4.26. The first-order chi connectivity index (χ1) is 18.8. The number of carbonyl (C=O) groups is 1. The molecule has 1 aromatic heterocycles. The van der Waals surface area contributed by atoms with Crippen molar-refractivity contribution < 1.29 is 14.3 Å². The van der Waals surface area contributed by atoms with Crippen molar-refractivity contribution in [2.24, 2.45) is 0 Å². The van der Waals surface area contributed by atoms with E-state index in [4.69, 9.17) is 9.47 Å². The number of allylic oxidation sites excluding steroid dienone is 3. The molecule has 1 aliphatic rings. The summed E-state index contributed by atoms with van der Waals surface area (Å²) in [6.07, 6.45) is 8.20. The molecule has 4 rings (SSSR count). The maximum atomic E-state index is 13.5. The maximum absolute atomic E-state index is 13.5. The monoisotopic (exact) mass is 526 g/mol. The van der Waals surface area contributed by atoms with Gasteiger partial charge in [-0.15, -0.1) is 0 Å². The van der Waals surface area contributed by atoms with Gasteiger partial charge in [0.1, 0.15) is 22.9 Å². The molecule has 2 heterocycles. The van der Waals surface area contributed by atoms with Crippen molar-refractivity contribution >= 4 is 11.7 Å². The first-order valence-corrected chi connectivity index (χ1v) is 13.2. The fourth-order valence-electron chi connectivity index (χ4n) is 4.98. The van der Waals surface area contributed by atoms with Crippen molar-refractivity contribution in [3.63, 3.8) is 0 Å². The van der Waals surface area contributed by atoms with Crippen LogP contribution in [0.25, 0.3) is 0 Å². The Labute approximate surface area is 231 Å². The summed E-state index contributed by atoms with van der Waals surface area (Å²) in [5.74, 6) is 1.90. The second-order valence-corrected chi connectivity index (χ2v) is 10.3. The normalized spacial score (nSPS) is 17.2. The van der Waals surface area contributed by atoms with Crippen molar-refractivity contribution in [1.29, 1.82) is 0 Å². The number of methoxy groups -OCH3 is 2. The van der Waals surface area contributed by atoms with E-state index in [9.17, 15) is 4.79 Å². The minimum atomic E-state index is -0.254. The predicted octanol–water partition coefficient (Wildman–Crippen LogP) is 6.36. The number of benzene rings is 2. The number of aromatic nitrogens is 2. The lowest BCUT2D eigenvalue weighted by atomic mass is 9.89. The van der Waals surface area contributed by atoms with Crippen LogP contribution in [0, 0.1) is 0 Å². The highest BCUT2D eigenvalue weighted by Crippen LogP contribution is 2.40. The summed E-state index contributed by atoms with van der Waals surface area (Å²) in [5.41, 5.74) is 3.32. The number of nitrogens with zero attached hydrogens (tertiary/aromatic N) is 2. The van der Waals surface area contributed by atoms with Crippen molar-refractivity contribution in [2.45, 2.75) is 44.7 Å². The molecule has 204 valence electrons. The van der Waals surface area contributed by atoms with E-state index >= 15 is 0 Å². The topological polar surface area (TPSA) is 77.4 Å². The van der Waals surface area contributed by atoms with E-state index < -0.39 is 0 Å². The molecular weight excluding hydrogens is 488 g/mol. The quantitative estimate of drug-likeness (QED) is 0.237. The number of amides is 1. The predicted molar refractivity (Wildman–Crippen MR) is 156 cm³/mol. The molecule has 2 N–H and O–H groups in total. The average molecular weight is 527 g/mol. The second kappa shape index (κ2) is 12.1. The highest BCUT2D eigenvalue weighted by atomic mass is 16.5. The third-order valence-corrected chi connectivity index (χ3v) is 7.22. The third-order valence-electron chi connectivity index (χ3n) is 7.22. The van der Waals surface area contributed by atoms with Gasteiger partial charge in [-0.25, -0.2) is 4.68 Å².